The molecule has 0 aromatic heterocycles. The van der Waals surface area contributed by atoms with Crippen LogP contribution in [0.15, 0.2) is 0 Å². The standard InChI is InChI=1S/H3O7P/c1-2-3-4-5-6-7-8/h1H,8H2. The number of rotatable bonds is 5. The maximum absolute atomic E-state index is 7.34. The molecule has 0 aliphatic heterocycles. The van der Waals surface area contributed by atoms with Crippen LogP contribution >= 0.6 is 9.47 Å². The van der Waals surface area contributed by atoms with E-state index in [9.17, 15) is 0 Å². The van der Waals surface area contributed by atoms with Crippen molar-refractivity contribution < 1.29 is 35.1 Å². The van der Waals surface area contributed by atoms with Gasteiger partial charge in [0.05, 0.1) is 0 Å². The third-order valence-electron chi connectivity index (χ3n) is 0.153. The Bertz CT molecular complexity index is 29.4. The van der Waals surface area contributed by atoms with E-state index >= 15 is 0 Å². The SMILES string of the molecule is OOOOOOOP. The van der Waals surface area contributed by atoms with Gasteiger partial charge in [0.15, 0.2) is 0 Å². The van der Waals surface area contributed by atoms with Crippen LogP contribution in [0.3, 0.4) is 0 Å². The smallest absolute Gasteiger partial charge is 0.0457 e. The van der Waals surface area contributed by atoms with Gasteiger partial charge in [0, 0.05) is 9.47 Å². The molecule has 0 aliphatic carbocycles. The Balaban J connectivity index is 2.53. The van der Waals surface area contributed by atoms with Crippen LogP contribution in [0.5, 0.6) is 0 Å². The summed E-state index contributed by atoms with van der Waals surface area (Å²) >= 11 is 0. The second kappa shape index (κ2) is 7.15. The first kappa shape index (κ1) is 8.15. The summed E-state index contributed by atoms with van der Waals surface area (Å²) in [6.07, 6.45) is 0. The van der Waals surface area contributed by atoms with Gasteiger partial charge < -0.3 is 0 Å². The third-order valence-corrected chi connectivity index (χ3v) is 0.232. The van der Waals surface area contributed by atoms with Crippen molar-refractivity contribution in [3.63, 3.8) is 0 Å². The lowest BCUT2D eigenvalue weighted by molar-refractivity contribution is -0.778. The van der Waals surface area contributed by atoms with E-state index in [-0.39, 0.29) is 0 Å². The van der Waals surface area contributed by atoms with Crippen molar-refractivity contribution in [2.45, 2.75) is 0 Å². The molecule has 0 spiro atoms. The number of hydrogen-bond acceptors (Lipinski definition) is 7. The largest absolute Gasteiger partial charge is 0.219 e. The Hall–Kier alpha value is 0.150. The quantitative estimate of drug-likeness (QED) is 0.251. The average Bonchev–Trinajstić information content (AvgIpc) is 1.81. The molecule has 1 unspecified atom stereocenters. The minimum absolute atomic E-state index is 1.68. The Morgan fingerprint density at radius 3 is 2.12 bits per heavy atom. The Morgan fingerprint density at radius 2 is 1.62 bits per heavy atom. The van der Waals surface area contributed by atoms with Crippen LogP contribution in [0, 0.1) is 0 Å². The molecule has 0 fully saturated rings. The van der Waals surface area contributed by atoms with Crippen LogP contribution in [0.2, 0.25) is 0 Å². The van der Waals surface area contributed by atoms with E-state index in [4.69, 9.17) is 5.26 Å². The van der Waals surface area contributed by atoms with Crippen molar-refractivity contribution in [3.05, 3.63) is 0 Å². The van der Waals surface area contributed by atoms with Crippen molar-refractivity contribution in [1.82, 2.24) is 0 Å². The molecule has 8 heavy (non-hydrogen) atoms. The van der Waals surface area contributed by atoms with Gasteiger partial charge in [-0.05, 0) is 25.2 Å². The molecule has 0 aliphatic rings. The highest BCUT2D eigenvalue weighted by atomic mass is 31.0. The fourth-order valence-electron chi connectivity index (χ4n) is 0.0511. The van der Waals surface area contributed by atoms with Gasteiger partial charge in [-0.15, -0.1) is 0 Å². The van der Waals surface area contributed by atoms with Gasteiger partial charge in [0.2, 0.25) is 0 Å². The van der Waals surface area contributed by atoms with Gasteiger partial charge >= 0.3 is 0 Å². The van der Waals surface area contributed by atoms with E-state index in [1.54, 1.807) is 9.47 Å². The van der Waals surface area contributed by atoms with Crippen LogP contribution in [0.1, 0.15) is 0 Å². The zero-order chi connectivity index (χ0) is 6.24. The van der Waals surface area contributed by atoms with Gasteiger partial charge in [-0.3, -0.25) is 0 Å². The predicted octanol–water partition coefficient (Wildman–Crippen LogP) is -0.0759. The molecular formula is H3O7P. The minimum atomic E-state index is 1.68. The maximum Gasteiger partial charge on any atom is 0.0457 e. The topological polar surface area (TPSA) is 75.6 Å². The molecule has 0 aromatic carbocycles. The molecule has 7 nitrogen and oxygen atoms in total. The van der Waals surface area contributed by atoms with Crippen LogP contribution in [0.4, 0.5) is 0 Å². The maximum atomic E-state index is 7.34. The molecule has 0 bridgehead atoms. The lowest BCUT2D eigenvalue weighted by Gasteiger charge is -1.91. The summed E-state index contributed by atoms with van der Waals surface area (Å²) in [5, 5.41) is 23.9. The lowest BCUT2D eigenvalue weighted by atomic mass is 14.1. The first-order valence-electron chi connectivity index (χ1n) is 1.25. The van der Waals surface area contributed by atoms with Gasteiger partial charge in [0.25, 0.3) is 0 Å². The van der Waals surface area contributed by atoms with E-state index in [0.29, 0.717) is 0 Å². The summed E-state index contributed by atoms with van der Waals surface area (Å²) in [6.45, 7) is 0. The summed E-state index contributed by atoms with van der Waals surface area (Å²) in [5.74, 6) is 0. The summed E-state index contributed by atoms with van der Waals surface area (Å²) in [5.41, 5.74) is 0. The Morgan fingerprint density at radius 1 is 1.00 bits per heavy atom. The van der Waals surface area contributed by atoms with Crippen molar-refractivity contribution in [2.75, 3.05) is 0 Å². The monoisotopic (exact) mass is 146 g/mol. The zero-order valence-electron chi connectivity index (χ0n) is 3.47. The first-order valence-corrected chi connectivity index (χ1v) is 1.72. The van der Waals surface area contributed by atoms with Crippen LogP contribution in [-0.2, 0) is 29.9 Å². The molecule has 0 saturated carbocycles. The van der Waals surface area contributed by atoms with Crippen LogP contribution in [0.25, 0.3) is 0 Å². The second-order valence-electron chi connectivity index (χ2n) is 0.443. The minimum Gasteiger partial charge on any atom is -0.219 e. The number of hydrogen-bond donors (Lipinski definition) is 1. The summed E-state index contributed by atoms with van der Waals surface area (Å²) in [6, 6.07) is 0. The molecular weight excluding hydrogens is 143 g/mol. The van der Waals surface area contributed by atoms with Crippen molar-refractivity contribution >= 4 is 9.47 Å². The highest BCUT2D eigenvalue weighted by Crippen LogP contribution is 1.88. The summed E-state index contributed by atoms with van der Waals surface area (Å²) in [7, 11) is 1.68. The fraction of sp³-hybridized carbons (Fsp3) is 0. The van der Waals surface area contributed by atoms with Gasteiger partial charge in [-0.1, -0.05) is 0 Å². The molecule has 0 amide bonds. The summed E-state index contributed by atoms with van der Waals surface area (Å²) in [4.78, 5) is 0. The van der Waals surface area contributed by atoms with Crippen molar-refractivity contribution in [1.29, 1.82) is 0 Å². The van der Waals surface area contributed by atoms with E-state index < -0.39 is 0 Å². The molecule has 50 valence electrons. The van der Waals surface area contributed by atoms with Gasteiger partial charge in [-0.2, -0.15) is 4.67 Å². The third kappa shape index (κ3) is 6.15. The van der Waals surface area contributed by atoms with Gasteiger partial charge in [-0.25, -0.2) is 5.26 Å². The van der Waals surface area contributed by atoms with Gasteiger partial charge in [0.1, 0.15) is 0 Å². The zero-order valence-corrected chi connectivity index (χ0v) is 4.63. The van der Waals surface area contributed by atoms with E-state index in [0.717, 1.165) is 0 Å². The van der Waals surface area contributed by atoms with E-state index in [1.165, 1.54) is 0 Å². The van der Waals surface area contributed by atoms with E-state index in [1.807, 2.05) is 0 Å². The second-order valence-corrected chi connectivity index (χ2v) is 0.635. The first-order chi connectivity index (χ1) is 3.91. The van der Waals surface area contributed by atoms with Crippen LogP contribution in [-0.4, -0.2) is 5.26 Å². The van der Waals surface area contributed by atoms with Crippen molar-refractivity contribution in [3.8, 4) is 0 Å². The summed E-state index contributed by atoms with van der Waals surface area (Å²) < 4.78 is 3.74. The fourth-order valence-corrected chi connectivity index (χ4v) is 0.0832. The lowest BCUT2D eigenvalue weighted by Crippen LogP contribution is -1.94. The molecule has 0 aromatic rings. The molecule has 0 radical (unpaired) electrons. The predicted molar refractivity (Wildman–Crippen MR) is 18.8 cm³/mol. The molecule has 1 atom stereocenters. The van der Waals surface area contributed by atoms with Crippen LogP contribution < -0.4 is 0 Å². The van der Waals surface area contributed by atoms with E-state index in [2.05, 4.69) is 29.9 Å². The van der Waals surface area contributed by atoms with Crippen molar-refractivity contribution in [2.24, 2.45) is 0 Å². The molecule has 0 saturated heterocycles. The molecule has 1 N–H and O–H groups in total. The Kier molecular flexibility index (Phi) is 7.28. The highest BCUT2D eigenvalue weighted by Gasteiger charge is 1.85. The molecule has 0 heterocycles. The Labute approximate surface area is 45.8 Å². The molecule has 8 heteroatoms. The highest BCUT2D eigenvalue weighted by molar-refractivity contribution is 7.09. The average molecular weight is 146 g/mol. The normalized spacial score (nSPS) is 9.75. The molecule has 0 rings (SSSR count).